The third-order valence-corrected chi connectivity index (χ3v) is 3.62. The second kappa shape index (κ2) is 13.6. The normalized spacial score (nSPS) is 11.1. The van der Waals surface area contributed by atoms with E-state index in [-0.39, 0.29) is 12.5 Å². The smallest absolute Gasteiger partial charge is 0.251 e. The summed E-state index contributed by atoms with van der Waals surface area (Å²) < 4.78 is 5.32. The number of benzene rings is 1. The molecule has 0 saturated heterocycles. The Balaban J connectivity index is 2.48. The van der Waals surface area contributed by atoms with E-state index in [1.807, 2.05) is 26.0 Å². The Morgan fingerprint density at radius 3 is 2.44 bits per heavy atom. The second-order valence-corrected chi connectivity index (χ2v) is 5.87. The fourth-order valence-electron chi connectivity index (χ4n) is 2.22. The van der Waals surface area contributed by atoms with Crippen LogP contribution in [0.5, 0.6) is 0 Å². The van der Waals surface area contributed by atoms with E-state index >= 15 is 0 Å². The van der Waals surface area contributed by atoms with Crippen molar-refractivity contribution in [1.82, 2.24) is 16.0 Å². The highest BCUT2D eigenvalue weighted by atomic mass is 16.5. The Morgan fingerprint density at radius 2 is 1.81 bits per heavy atom. The van der Waals surface area contributed by atoms with E-state index in [0.717, 1.165) is 50.7 Å². The van der Waals surface area contributed by atoms with Gasteiger partial charge in [-0.05, 0) is 44.4 Å². The van der Waals surface area contributed by atoms with E-state index in [1.54, 1.807) is 12.1 Å². The molecule has 0 atom stereocenters. The second-order valence-electron chi connectivity index (χ2n) is 5.87. The van der Waals surface area contributed by atoms with Gasteiger partial charge < -0.3 is 26.4 Å². The summed E-state index contributed by atoms with van der Waals surface area (Å²) in [6, 6.07) is 7.09. The molecule has 1 aromatic carbocycles. The number of carbonyl (C=O) groups excluding carboxylic acids is 2. The van der Waals surface area contributed by atoms with Crippen molar-refractivity contribution >= 4 is 17.8 Å². The van der Waals surface area contributed by atoms with E-state index in [1.165, 1.54) is 0 Å². The molecule has 0 fully saturated rings. The Bertz CT molecular complexity index is 602. The molecule has 2 amide bonds. The molecule has 8 heteroatoms. The van der Waals surface area contributed by atoms with Crippen LogP contribution in [0.1, 0.15) is 42.6 Å². The molecule has 1 rings (SSSR count). The molecule has 5 N–H and O–H groups in total. The van der Waals surface area contributed by atoms with Gasteiger partial charge in [-0.25, -0.2) is 4.99 Å². The van der Waals surface area contributed by atoms with Crippen LogP contribution < -0.4 is 21.7 Å². The van der Waals surface area contributed by atoms with Crippen LogP contribution in [0.3, 0.4) is 0 Å². The van der Waals surface area contributed by atoms with Crippen molar-refractivity contribution in [2.75, 3.05) is 32.8 Å². The third kappa shape index (κ3) is 10.2. The van der Waals surface area contributed by atoms with Gasteiger partial charge in [0.15, 0.2) is 5.96 Å². The maximum atomic E-state index is 11.8. The van der Waals surface area contributed by atoms with Gasteiger partial charge in [-0.15, -0.1) is 0 Å². The average molecular weight is 377 g/mol. The first-order valence-electron chi connectivity index (χ1n) is 9.32. The van der Waals surface area contributed by atoms with Crippen molar-refractivity contribution < 1.29 is 14.3 Å². The molecule has 150 valence electrons. The lowest BCUT2D eigenvalue weighted by atomic mass is 10.1. The molecule has 27 heavy (non-hydrogen) atoms. The number of rotatable bonds is 12. The molecule has 0 unspecified atom stereocenters. The molecule has 0 spiro atoms. The number of unbranched alkanes of at least 4 members (excludes halogenated alkanes) is 1. The Hall–Kier alpha value is -2.61. The molecule has 0 aromatic heterocycles. The van der Waals surface area contributed by atoms with Crippen LogP contribution >= 0.6 is 0 Å². The Labute approximate surface area is 160 Å². The molecule has 0 aliphatic rings. The van der Waals surface area contributed by atoms with Crippen LogP contribution in [0.2, 0.25) is 0 Å². The molecular formula is C19H31N5O3. The minimum absolute atomic E-state index is 0.173. The number of amides is 2. The van der Waals surface area contributed by atoms with Crippen LogP contribution in [0, 0.1) is 0 Å². The van der Waals surface area contributed by atoms with Crippen LogP contribution in [0.15, 0.2) is 29.3 Å². The molecular weight excluding hydrogens is 346 g/mol. The molecule has 0 heterocycles. The quantitative estimate of drug-likeness (QED) is 0.244. The number of nitrogens with two attached hydrogens (primary N) is 1. The number of guanidine groups is 1. The highest BCUT2D eigenvalue weighted by Crippen LogP contribution is 2.06. The maximum absolute atomic E-state index is 11.8. The first-order chi connectivity index (χ1) is 13.1. The topological polar surface area (TPSA) is 118 Å². The zero-order valence-corrected chi connectivity index (χ0v) is 16.2. The van der Waals surface area contributed by atoms with Crippen molar-refractivity contribution in [2.45, 2.75) is 33.2 Å². The summed E-state index contributed by atoms with van der Waals surface area (Å²) in [5.41, 5.74) is 6.47. The van der Waals surface area contributed by atoms with Gasteiger partial charge in [0.1, 0.15) is 0 Å². The number of hydrogen-bond donors (Lipinski definition) is 4. The summed E-state index contributed by atoms with van der Waals surface area (Å²) in [6.45, 7) is 7.49. The van der Waals surface area contributed by atoms with E-state index in [2.05, 4.69) is 20.9 Å². The monoisotopic (exact) mass is 377 g/mol. The van der Waals surface area contributed by atoms with Gasteiger partial charge in [-0.2, -0.15) is 0 Å². The number of carbonyl (C=O) groups is 2. The highest BCUT2D eigenvalue weighted by molar-refractivity contribution is 5.96. The van der Waals surface area contributed by atoms with Crippen LogP contribution in [0.25, 0.3) is 0 Å². The number of primary amides is 1. The van der Waals surface area contributed by atoms with Gasteiger partial charge in [0, 0.05) is 31.9 Å². The standard InChI is InChI=1S/C19H31N5O3/c1-3-21-19(22-11-5-6-12-27-4-2)24-13-15-7-9-16(10-8-15)18(26)23-14-17(20)25/h7-10H,3-6,11-14H2,1-2H3,(H2,20,25)(H,23,26)(H2,21,22,24). The summed E-state index contributed by atoms with van der Waals surface area (Å²) >= 11 is 0. The number of ether oxygens (including phenoxy) is 1. The van der Waals surface area contributed by atoms with Gasteiger partial charge in [-0.3, -0.25) is 9.59 Å². The minimum atomic E-state index is -0.573. The van der Waals surface area contributed by atoms with Crippen molar-refractivity contribution in [2.24, 2.45) is 10.7 Å². The van der Waals surface area contributed by atoms with Crippen LogP contribution in [-0.4, -0.2) is 50.6 Å². The van der Waals surface area contributed by atoms with E-state index in [0.29, 0.717) is 12.1 Å². The molecule has 1 aromatic rings. The molecule has 0 aliphatic carbocycles. The number of hydrogen-bond acceptors (Lipinski definition) is 4. The predicted octanol–water partition coefficient (Wildman–Crippen LogP) is 0.774. The number of aliphatic imine (C=N–C) groups is 1. The van der Waals surface area contributed by atoms with E-state index in [4.69, 9.17) is 10.5 Å². The lowest BCUT2D eigenvalue weighted by Crippen LogP contribution is -2.37. The lowest BCUT2D eigenvalue weighted by Gasteiger charge is -2.11. The van der Waals surface area contributed by atoms with Gasteiger partial charge >= 0.3 is 0 Å². The summed E-state index contributed by atoms with van der Waals surface area (Å²) in [5, 5.41) is 8.97. The van der Waals surface area contributed by atoms with E-state index < -0.39 is 5.91 Å². The Kier molecular flexibility index (Phi) is 11.3. The summed E-state index contributed by atoms with van der Waals surface area (Å²) in [6.07, 6.45) is 2.03. The van der Waals surface area contributed by atoms with Gasteiger partial charge in [0.05, 0.1) is 13.1 Å². The molecule has 0 radical (unpaired) electrons. The van der Waals surface area contributed by atoms with Crippen molar-refractivity contribution in [3.05, 3.63) is 35.4 Å². The summed E-state index contributed by atoms with van der Waals surface area (Å²) in [4.78, 5) is 27.1. The van der Waals surface area contributed by atoms with Gasteiger partial charge in [0.25, 0.3) is 5.91 Å². The summed E-state index contributed by atoms with van der Waals surface area (Å²) in [5.74, 6) is -0.140. The van der Waals surface area contributed by atoms with Crippen molar-refractivity contribution in [3.63, 3.8) is 0 Å². The number of nitrogens with zero attached hydrogens (tertiary/aromatic N) is 1. The van der Waals surface area contributed by atoms with Crippen LogP contribution in [0.4, 0.5) is 0 Å². The minimum Gasteiger partial charge on any atom is -0.382 e. The first kappa shape index (κ1) is 22.4. The molecule has 0 bridgehead atoms. The summed E-state index contributed by atoms with van der Waals surface area (Å²) in [7, 11) is 0. The largest absolute Gasteiger partial charge is 0.382 e. The highest BCUT2D eigenvalue weighted by Gasteiger charge is 2.06. The Morgan fingerprint density at radius 1 is 1.07 bits per heavy atom. The molecule has 0 aliphatic heterocycles. The first-order valence-corrected chi connectivity index (χ1v) is 9.32. The average Bonchev–Trinajstić information content (AvgIpc) is 2.67. The van der Waals surface area contributed by atoms with Gasteiger partial charge in [-0.1, -0.05) is 12.1 Å². The van der Waals surface area contributed by atoms with Crippen LogP contribution in [-0.2, 0) is 16.1 Å². The zero-order valence-electron chi connectivity index (χ0n) is 16.2. The lowest BCUT2D eigenvalue weighted by molar-refractivity contribution is -0.117. The molecule has 8 nitrogen and oxygen atoms in total. The third-order valence-electron chi connectivity index (χ3n) is 3.62. The fraction of sp³-hybridized carbons (Fsp3) is 0.526. The molecule has 0 saturated carbocycles. The fourth-order valence-corrected chi connectivity index (χ4v) is 2.22. The maximum Gasteiger partial charge on any atom is 0.251 e. The van der Waals surface area contributed by atoms with E-state index in [9.17, 15) is 9.59 Å². The van der Waals surface area contributed by atoms with Crippen molar-refractivity contribution in [3.8, 4) is 0 Å². The SMILES string of the molecule is CCNC(=NCc1ccc(C(=O)NCC(N)=O)cc1)NCCCCOCC. The number of nitrogens with one attached hydrogen (secondary N) is 3. The predicted molar refractivity (Wildman–Crippen MR) is 107 cm³/mol. The van der Waals surface area contributed by atoms with Crippen molar-refractivity contribution in [1.29, 1.82) is 0 Å². The van der Waals surface area contributed by atoms with Gasteiger partial charge in [0.2, 0.25) is 5.91 Å². The zero-order chi connectivity index (χ0) is 19.9.